The third-order valence-corrected chi connectivity index (χ3v) is 3.68. The van der Waals surface area contributed by atoms with Crippen LogP contribution in [0.4, 0.5) is 6.01 Å². The van der Waals surface area contributed by atoms with Crippen LogP contribution >= 0.6 is 15.9 Å². The van der Waals surface area contributed by atoms with Gasteiger partial charge in [-0.15, -0.1) is 0 Å². The Kier molecular flexibility index (Phi) is 3.03. The van der Waals surface area contributed by atoms with Crippen LogP contribution in [-0.4, -0.2) is 36.1 Å². The van der Waals surface area contributed by atoms with Crippen molar-refractivity contribution in [3.8, 4) is 0 Å². The average Bonchev–Trinajstić information content (AvgIpc) is 2.82. The molecule has 1 aliphatic rings. The lowest BCUT2D eigenvalue weighted by molar-refractivity contribution is 0.0978. The van der Waals surface area contributed by atoms with Crippen molar-refractivity contribution in [3.63, 3.8) is 0 Å². The lowest BCUT2D eigenvalue weighted by Crippen LogP contribution is -2.46. The maximum atomic E-state index is 5.78. The minimum absolute atomic E-state index is 0.289. The molecule has 2 heterocycles. The number of aromatic nitrogens is 1. The molecular formula is C12H13BrN2O2. The zero-order chi connectivity index (χ0) is 11.7. The van der Waals surface area contributed by atoms with Crippen LogP contribution in [0.15, 0.2) is 28.7 Å². The van der Waals surface area contributed by atoms with Gasteiger partial charge in [-0.05, 0) is 12.1 Å². The molecule has 5 heteroatoms. The summed E-state index contributed by atoms with van der Waals surface area (Å²) in [6, 6.07) is 8.81. The number of alkyl halides is 1. The number of anilines is 1. The van der Waals surface area contributed by atoms with Gasteiger partial charge < -0.3 is 14.1 Å². The molecule has 17 heavy (non-hydrogen) atoms. The third-order valence-electron chi connectivity index (χ3n) is 2.93. The van der Waals surface area contributed by atoms with Crippen molar-refractivity contribution in [2.45, 2.75) is 6.04 Å². The summed E-state index contributed by atoms with van der Waals surface area (Å²) in [6.45, 7) is 2.26. The van der Waals surface area contributed by atoms with E-state index in [2.05, 4.69) is 25.8 Å². The fraction of sp³-hybridized carbons (Fsp3) is 0.417. The van der Waals surface area contributed by atoms with Crippen LogP contribution in [-0.2, 0) is 4.74 Å². The van der Waals surface area contributed by atoms with Crippen LogP contribution in [0.1, 0.15) is 0 Å². The van der Waals surface area contributed by atoms with Gasteiger partial charge in [0.1, 0.15) is 5.52 Å². The predicted octanol–water partition coefficient (Wildman–Crippen LogP) is 2.43. The molecule has 1 atom stereocenters. The SMILES string of the molecule is BrCC1COCCN1c1nc2ccccc2o1. The van der Waals surface area contributed by atoms with Crippen LogP contribution in [0.5, 0.6) is 0 Å². The predicted molar refractivity (Wildman–Crippen MR) is 69.8 cm³/mol. The first-order valence-electron chi connectivity index (χ1n) is 5.64. The van der Waals surface area contributed by atoms with Gasteiger partial charge in [-0.25, -0.2) is 0 Å². The van der Waals surface area contributed by atoms with Crippen LogP contribution in [0.25, 0.3) is 11.1 Å². The van der Waals surface area contributed by atoms with E-state index in [-0.39, 0.29) is 6.04 Å². The Balaban J connectivity index is 1.96. The Hall–Kier alpha value is -1.07. The van der Waals surface area contributed by atoms with Gasteiger partial charge in [0.2, 0.25) is 0 Å². The molecule has 1 aromatic carbocycles. The highest BCUT2D eigenvalue weighted by Crippen LogP contribution is 2.24. The Bertz CT molecular complexity index is 481. The van der Waals surface area contributed by atoms with Gasteiger partial charge in [-0.2, -0.15) is 4.98 Å². The monoisotopic (exact) mass is 296 g/mol. The van der Waals surface area contributed by atoms with E-state index < -0.39 is 0 Å². The van der Waals surface area contributed by atoms with Gasteiger partial charge in [0, 0.05) is 11.9 Å². The van der Waals surface area contributed by atoms with E-state index >= 15 is 0 Å². The van der Waals surface area contributed by atoms with Gasteiger partial charge in [-0.1, -0.05) is 28.1 Å². The molecule has 0 N–H and O–H groups in total. The van der Waals surface area contributed by atoms with Crippen molar-refractivity contribution in [2.75, 3.05) is 30.0 Å². The summed E-state index contributed by atoms with van der Waals surface area (Å²) < 4.78 is 11.2. The number of nitrogens with zero attached hydrogens (tertiary/aromatic N) is 2. The number of rotatable bonds is 2. The molecule has 0 amide bonds. The van der Waals surface area contributed by atoms with Crippen molar-refractivity contribution in [1.29, 1.82) is 0 Å². The number of benzene rings is 1. The van der Waals surface area contributed by atoms with Gasteiger partial charge in [0.25, 0.3) is 6.01 Å². The maximum Gasteiger partial charge on any atom is 0.298 e. The Morgan fingerprint density at radius 2 is 2.29 bits per heavy atom. The number of ether oxygens (including phenoxy) is 1. The second kappa shape index (κ2) is 4.66. The minimum Gasteiger partial charge on any atom is -0.423 e. The molecule has 0 radical (unpaired) electrons. The van der Waals surface area contributed by atoms with Crippen LogP contribution in [0, 0.1) is 0 Å². The molecular weight excluding hydrogens is 284 g/mol. The maximum absolute atomic E-state index is 5.78. The Labute approximate surface area is 108 Å². The molecule has 0 bridgehead atoms. The van der Waals surface area contributed by atoms with E-state index in [1.54, 1.807) is 0 Å². The number of morpholine rings is 1. The van der Waals surface area contributed by atoms with Crippen molar-refractivity contribution in [3.05, 3.63) is 24.3 Å². The van der Waals surface area contributed by atoms with E-state index in [1.165, 1.54) is 0 Å². The largest absolute Gasteiger partial charge is 0.423 e. The second-order valence-corrected chi connectivity index (χ2v) is 4.69. The number of para-hydroxylation sites is 2. The number of fused-ring (bicyclic) bond motifs is 1. The number of oxazole rings is 1. The average molecular weight is 297 g/mol. The van der Waals surface area contributed by atoms with Crippen molar-refractivity contribution >= 4 is 33.0 Å². The van der Waals surface area contributed by atoms with Gasteiger partial charge in [0.05, 0.1) is 19.3 Å². The van der Waals surface area contributed by atoms with Crippen molar-refractivity contribution in [1.82, 2.24) is 4.98 Å². The molecule has 1 saturated heterocycles. The highest BCUT2D eigenvalue weighted by molar-refractivity contribution is 9.09. The van der Waals surface area contributed by atoms with Crippen LogP contribution in [0.2, 0.25) is 0 Å². The molecule has 1 fully saturated rings. The van der Waals surface area contributed by atoms with Gasteiger partial charge >= 0.3 is 0 Å². The molecule has 0 aliphatic carbocycles. The molecule has 0 spiro atoms. The molecule has 1 aliphatic heterocycles. The Morgan fingerprint density at radius 3 is 3.12 bits per heavy atom. The first-order valence-corrected chi connectivity index (χ1v) is 6.76. The molecule has 90 valence electrons. The molecule has 0 saturated carbocycles. The molecule has 4 nitrogen and oxygen atoms in total. The van der Waals surface area contributed by atoms with Crippen molar-refractivity contribution < 1.29 is 9.15 Å². The lowest BCUT2D eigenvalue weighted by Gasteiger charge is -2.33. The smallest absolute Gasteiger partial charge is 0.298 e. The summed E-state index contributed by atoms with van der Waals surface area (Å²) in [5.41, 5.74) is 1.74. The number of hydrogen-bond donors (Lipinski definition) is 0. The summed E-state index contributed by atoms with van der Waals surface area (Å²) in [4.78, 5) is 6.68. The lowest BCUT2D eigenvalue weighted by atomic mass is 10.3. The highest BCUT2D eigenvalue weighted by Gasteiger charge is 2.25. The highest BCUT2D eigenvalue weighted by atomic mass is 79.9. The van der Waals surface area contributed by atoms with Crippen LogP contribution < -0.4 is 4.90 Å². The van der Waals surface area contributed by atoms with E-state index in [4.69, 9.17) is 9.15 Å². The van der Waals surface area contributed by atoms with Crippen LogP contribution in [0.3, 0.4) is 0 Å². The summed E-state index contributed by atoms with van der Waals surface area (Å²) in [6.07, 6.45) is 0. The zero-order valence-corrected chi connectivity index (χ0v) is 10.9. The topological polar surface area (TPSA) is 38.5 Å². The van der Waals surface area contributed by atoms with E-state index in [0.717, 1.165) is 29.6 Å². The van der Waals surface area contributed by atoms with Gasteiger partial charge in [-0.3, -0.25) is 0 Å². The van der Waals surface area contributed by atoms with E-state index in [0.29, 0.717) is 12.6 Å². The van der Waals surface area contributed by atoms with Gasteiger partial charge in [0.15, 0.2) is 5.58 Å². The fourth-order valence-corrected chi connectivity index (χ4v) is 2.55. The quantitative estimate of drug-likeness (QED) is 0.798. The normalized spacial score (nSPS) is 21.0. The van der Waals surface area contributed by atoms with E-state index in [1.807, 2.05) is 24.3 Å². The van der Waals surface area contributed by atoms with E-state index in [9.17, 15) is 0 Å². The summed E-state index contributed by atoms with van der Waals surface area (Å²) in [5.74, 6) is 0. The molecule has 1 unspecified atom stereocenters. The molecule has 3 rings (SSSR count). The summed E-state index contributed by atoms with van der Waals surface area (Å²) in [5, 5.41) is 0.853. The third kappa shape index (κ3) is 2.05. The second-order valence-electron chi connectivity index (χ2n) is 4.04. The Morgan fingerprint density at radius 1 is 1.41 bits per heavy atom. The number of halogens is 1. The summed E-state index contributed by atoms with van der Waals surface area (Å²) in [7, 11) is 0. The fourth-order valence-electron chi connectivity index (χ4n) is 2.02. The molecule has 1 aromatic heterocycles. The standard InChI is InChI=1S/C12H13BrN2O2/c13-7-9-8-16-6-5-15(9)12-14-10-3-1-2-4-11(10)17-12/h1-4,9H,5-8H2. The summed E-state index contributed by atoms with van der Waals surface area (Å²) >= 11 is 3.50. The zero-order valence-electron chi connectivity index (χ0n) is 9.30. The molecule has 2 aromatic rings. The first-order chi connectivity index (χ1) is 8.38. The van der Waals surface area contributed by atoms with Crippen molar-refractivity contribution in [2.24, 2.45) is 0 Å². The number of hydrogen-bond acceptors (Lipinski definition) is 4. The minimum atomic E-state index is 0.289. The first kappa shape index (κ1) is 11.0.